The Hall–Kier alpha value is -0.500. The quantitative estimate of drug-likeness (QED) is 0.349. The highest BCUT2D eigenvalue weighted by Crippen LogP contribution is 1.89. The number of hydrogen-bond donors (Lipinski definition) is 0. The summed E-state index contributed by atoms with van der Waals surface area (Å²) in [5.74, 6) is 0. The Bertz CT molecular complexity index is 110. The first-order valence-electron chi connectivity index (χ1n) is 2.70. The fraction of sp³-hybridized carbons (Fsp3) is 0.500. The second-order valence-corrected chi connectivity index (χ2v) is 1.75. The SMILES string of the molecule is CC=CCCOC(=O)Cl. The molecule has 0 amide bonds. The molecule has 0 unspecified atom stereocenters. The zero-order chi connectivity index (χ0) is 7.11. The molecular formula is C6H9ClO2. The summed E-state index contributed by atoms with van der Waals surface area (Å²) in [5, 5.41) is 0. The van der Waals surface area contributed by atoms with E-state index in [1.807, 2.05) is 19.1 Å². The van der Waals surface area contributed by atoms with Crippen LogP contribution in [0.5, 0.6) is 0 Å². The van der Waals surface area contributed by atoms with Crippen LogP contribution in [0.25, 0.3) is 0 Å². The second-order valence-electron chi connectivity index (χ2n) is 1.44. The molecule has 9 heavy (non-hydrogen) atoms. The smallest absolute Gasteiger partial charge is 0.403 e. The molecule has 0 aromatic carbocycles. The average molecular weight is 149 g/mol. The molecule has 0 aliphatic carbocycles. The first-order chi connectivity index (χ1) is 4.27. The maximum atomic E-state index is 9.93. The van der Waals surface area contributed by atoms with Gasteiger partial charge in [-0.15, -0.1) is 0 Å². The lowest BCUT2D eigenvalue weighted by molar-refractivity contribution is 0.175. The molecular weight excluding hydrogens is 140 g/mol. The van der Waals surface area contributed by atoms with Crippen molar-refractivity contribution in [3.8, 4) is 0 Å². The van der Waals surface area contributed by atoms with E-state index in [1.54, 1.807) is 0 Å². The minimum Gasteiger partial charge on any atom is -0.453 e. The van der Waals surface area contributed by atoms with E-state index in [-0.39, 0.29) is 0 Å². The average Bonchev–Trinajstić information content (AvgIpc) is 1.80. The fourth-order valence-electron chi connectivity index (χ4n) is 0.374. The summed E-state index contributed by atoms with van der Waals surface area (Å²) in [6.07, 6.45) is 4.52. The van der Waals surface area contributed by atoms with Crippen LogP contribution >= 0.6 is 11.6 Å². The van der Waals surface area contributed by atoms with E-state index in [1.165, 1.54) is 0 Å². The summed E-state index contributed by atoms with van der Waals surface area (Å²) >= 11 is 4.87. The third-order valence-electron chi connectivity index (χ3n) is 0.736. The predicted molar refractivity (Wildman–Crippen MR) is 36.6 cm³/mol. The van der Waals surface area contributed by atoms with Crippen molar-refractivity contribution in [3.05, 3.63) is 12.2 Å². The molecule has 0 bridgehead atoms. The molecule has 0 heterocycles. The van der Waals surface area contributed by atoms with Gasteiger partial charge in [-0.3, -0.25) is 0 Å². The molecule has 0 spiro atoms. The lowest BCUT2D eigenvalue weighted by atomic mass is 10.4. The summed E-state index contributed by atoms with van der Waals surface area (Å²) in [6.45, 7) is 2.27. The summed E-state index contributed by atoms with van der Waals surface area (Å²) < 4.78 is 4.42. The molecule has 0 saturated heterocycles. The van der Waals surface area contributed by atoms with Crippen LogP contribution in [0.4, 0.5) is 4.79 Å². The van der Waals surface area contributed by atoms with Crippen molar-refractivity contribution < 1.29 is 9.53 Å². The number of hydrogen-bond acceptors (Lipinski definition) is 2. The van der Waals surface area contributed by atoms with Gasteiger partial charge in [0.2, 0.25) is 0 Å². The standard InChI is InChI=1S/C6H9ClO2/c1-2-3-4-5-9-6(7)8/h2-3H,4-5H2,1H3. The van der Waals surface area contributed by atoms with E-state index in [2.05, 4.69) is 4.74 Å². The van der Waals surface area contributed by atoms with Gasteiger partial charge in [0, 0.05) is 11.6 Å². The van der Waals surface area contributed by atoms with Gasteiger partial charge in [-0.2, -0.15) is 0 Å². The van der Waals surface area contributed by atoms with Gasteiger partial charge in [-0.05, 0) is 13.3 Å². The Morgan fingerprint density at radius 2 is 2.44 bits per heavy atom. The molecule has 3 heteroatoms. The highest BCUT2D eigenvalue weighted by atomic mass is 35.5. The molecule has 0 aromatic rings. The molecule has 0 fully saturated rings. The maximum Gasteiger partial charge on any atom is 0.403 e. The third-order valence-corrected chi connectivity index (χ3v) is 0.845. The van der Waals surface area contributed by atoms with Crippen molar-refractivity contribution in [2.75, 3.05) is 6.61 Å². The predicted octanol–water partition coefficient (Wildman–Crippen LogP) is 2.33. The molecule has 2 nitrogen and oxygen atoms in total. The van der Waals surface area contributed by atoms with Crippen LogP contribution < -0.4 is 0 Å². The number of ether oxygens (including phenoxy) is 1. The van der Waals surface area contributed by atoms with Crippen molar-refractivity contribution in [2.24, 2.45) is 0 Å². The topological polar surface area (TPSA) is 26.3 Å². The first kappa shape index (κ1) is 8.50. The third kappa shape index (κ3) is 7.50. The molecule has 0 saturated carbocycles. The number of carbonyl (C=O) groups is 1. The van der Waals surface area contributed by atoms with E-state index >= 15 is 0 Å². The van der Waals surface area contributed by atoms with Gasteiger partial charge in [0.05, 0.1) is 6.61 Å². The lowest BCUT2D eigenvalue weighted by Gasteiger charge is -1.93. The Labute approximate surface area is 59.5 Å². The zero-order valence-electron chi connectivity index (χ0n) is 5.26. The summed E-state index contributed by atoms with van der Waals surface area (Å²) in [7, 11) is 0. The number of carbonyl (C=O) groups excluding carboxylic acids is 1. The van der Waals surface area contributed by atoms with Crippen LogP contribution in [0, 0.1) is 0 Å². The monoisotopic (exact) mass is 148 g/mol. The second kappa shape index (κ2) is 5.63. The largest absolute Gasteiger partial charge is 0.453 e. The lowest BCUT2D eigenvalue weighted by Crippen LogP contribution is -1.93. The van der Waals surface area contributed by atoms with Crippen molar-refractivity contribution in [1.29, 1.82) is 0 Å². The minimum absolute atomic E-state index is 0.368. The van der Waals surface area contributed by atoms with Crippen molar-refractivity contribution in [3.63, 3.8) is 0 Å². The minimum atomic E-state index is -0.737. The molecule has 0 radical (unpaired) electrons. The molecule has 52 valence electrons. The highest BCUT2D eigenvalue weighted by Gasteiger charge is 1.90. The van der Waals surface area contributed by atoms with Crippen molar-refractivity contribution >= 4 is 17.0 Å². The van der Waals surface area contributed by atoms with E-state index in [9.17, 15) is 4.79 Å². The van der Waals surface area contributed by atoms with Gasteiger partial charge in [0.25, 0.3) is 0 Å². The van der Waals surface area contributed by atoms with Crippen LogP contribution in [0.2, 0.25) is 0 Å². The number of halogens is 1. The first-order valence-corrected chi connectivity index (χ1v) is 3.08. The molecule has 0 aliphatic rings. The molecule has 0 atom stereocenters. The van der Waals surface area contributed by atoms with Crippen LogP contribution in [0.1, 0.15) is 13.3 Å². The summed E-state index contributed by atoms with van der Waals surface area (Å²) in [6, 6.07) is 0. The Morgan fingerprint density at radius 1 is 1.78 bits per heavy atom. The summed E-state index contributed by atoms with van der Waals surface area (Å²) in [5.41, 5.74) is -0.737. The Kier molecular flexibility index (Phi) is 5.32. The van der Waals surface area contributed by atoms with E-state index in [4.69, 9.17) is 11.6 Å². The van der Waals surface area contributed by atoms with E-state index < -0.39 is 5.43 Å². The Balaban J connectivity index is 3.01. The molecule has 0 aliphatic heterocycles. The van der Waals surface area contributed by atoms with Crippen molar-refractivity contribution in [2.45, 2.75) is 13.3 Å². The van der Waals surface area contributed by atoms with Gasteiger partial charge in [-0.1, -0.05) is 12.2 Å². The number of rotatable bonds is 3. The van der Waals surface area contributed by atoms with Crippen molar-refractivity contribution in [1.82, 2.24) is 0 Å². The maximum absolute atomic E-state index is 9.93. The van der Waals surface area contributed by atoms with Crippen LogP contribution in [0.3, 0.4) is 0 Å². The number of allylic oxidation sites excluding steroid dienone is 1. The van der Waals surface area contributed by atoms with Gasteiger partial charge in [-0.25, -0.2) is 4.79 Å². The van der Waals surface area contributed by atoms with E-state index in [0.717, 1.165) is 6.42 Å². The van der Waals surface area contributed by atoms with E-state index in [0.29, 0.717) is 6.61 Å². The highest BCUT2D eigenvalue weighted by molar-refractivity contribution is 6.61. The zero-order valence-corrected chi connectivity index (χ0v) is 6.02. The van der Waals surface area contributed by atoms with Gasteiger partial charge in [0.15, 0.2) is 0 Å². The summed E-state index contributed by atoms with van der Waals surface area (Å²) in [4.78, 5) is 9.93. The van der Waals surface area contributed by atoms with Gasteiger partial charge in [0.1, 0.15) is 0 Å². The van der Waals surface area contributed by atoms with Gasteiger partial charge >= 0.3 is 5.43 Å². The molecule has 0 rings (SSSR count). The van der Waals surface area contributed by atoms with Crippen LogP contribution in [0.15, 0.2) is 12.2 Å². The normalized spacial score (nSPS) is 10.0. The van der Waals surface area contributed by atoms with Crippen LogP contribution in [-0.2, 0) is 4.74 Å². The van der Waals surface area contributed by atoms with Crippen LogP contribution in [-0.4, -0.2) is 12.0 Å². The fourth-order valence-corrected chi connectivity index (χ4v) is 0.451. The molecule has 0 N–H and O–H groups in total. The Morgan fingerprint density at radius 3 is 2.89 bits per heavy atom. The van der Waals surface area contributed by atoms with Gasteiger partial charge < -0.3 is 4.74 Å². The molecule has 0 aromatic heterocycles.